The smallest absolute Gasteiger partial charge is 0.315 e. The standard InChI is InChI=1S/C20H26N6O3/c27-18(11-12-21-20(29)22-15-9-5-2-6-10-15)25-26-19(28)17-13-16(23-24-17)14-7-3-1-4-8-14/h1,3-4,7-8,13,15H,2,5-6,9-12H2,(H,23,24)(H,25,27)(H,26,28)(H2,21,22,29). The lowest BCUT2D eigenvalue weighted by atomic mass is 9.96. The average Bonchev–Trinajstić information content (AvgIpc) is 3.24. The maximum absolute atomic E-state index is 12.1. The molecule has 0 atom stereocenters. The van der Waals surface area contributed by atoms with E-state index >= 15 is 0 Å². The Bertz CT molecular complexity index is 830. The van der Waals surface area contributed by atoms with E-state index < -0.39 is 11.8 Å². The molecule has 1 saturated carbocycles. The number of rotatable bonds is 6. The first kappa shape index (κ1) is 20.4. The van der Waals surface area contributed by atoms with Crippen molar-refractivity contribution in [3.63, 3.8) is 0 Å². The number of amides is 4. The highest BCUT2D eigenvalue weighted by atomic mass is 16.2. The van der Waals surface area contributed by atoms with Crippen LogP contribution >= 0.6 is 0 Å². The fourth-order valence-corrected chi connectivity index (χ4v) is 3.22. The van der Waals surface area contributed by atoms with E-state index in [1.165, 1.54) is 6.42 Å². The number of hydrogen-bond acceptors (Lipinski definition) is 4. The molecule has 2 aromatic rings. The first-order valence-corrected chi connectivity index (χ1v) is 9.86. The number of hydrazine groups is 1. The van der Waals surface area contributed by atoms with Gasteiger partial charge < -0.3 is 10.6 Å². The van der Waals surface area contributed by atoms with Crippen LogP contribution in [0.25, 0.3) is 11.3 Å². The Balaban J connectivity index is 1.34. The summed E-state index contributed by atoms with van der Waals surface area (Å²) in [5.41, 5.74) is 6.40. The molecule has 1 aliphatic rings. The molecule has 1 heterocycles. The largest absolute Gasteiger partial charge is 0.338 e. The quantitative estimate of drug-likeness (QED) is 0.476. The summed E-state index contributed by atoms with van der Waals surface area (Å²) in [7, 11) is 0. The van der Waals surface area contributed by atoms with Crippen molar-refractivity contribution in [2.45, 2.75) is 44.6 Å². The third-order valence-corrected chi connectivity index (χ3v) is 4.79. The van der Waals surface area contributed by atoms with E-state index in [0.29, 0.717) is 5.69 Å². The normalized spacial score (nSPS) is 14.1. The van der Waals surface area contributed by atoms with Crippen LogP contribution in [0.1, 0.15) is 49.0 Å². The van der Waals surface area contributed by atoms with E-state index in [1.807, 2.05) is 30.3 Å². The molecular formula is C20H26N6O3. The molecule has 1 aromatic carbocycles. The lowest BCUT2D eigenvalue weighted by Gasteiger charge is -2.22. The zero-order valence-electron chi connectivity index (χ0n) is 16.2. The highest BCUT2D eigenvalue weighted by molar-refractivity contribution is 5.94. The third kappa shape index (κ3) is 6.34. The fraction of sp³-hybridized carbons (Fsp3) is 0.400. The number of nitrogens with zero attached hydrogens (tertiary/aromatic N) is 1. The molecule has 9 nitrogen and oxygen atoms in total. The van der Waals surface area contributed by atoms with Crippen LogP contribution in [0, 0.1) is 0 Å². The van der Waals surface area contributed by atoms with Crippen LogP contribution in [-0.4, -0.2) is 40.6 Å². The summed E-state index contributed by atoms with van der Waals surface area (Å²) in [6.45, 7) is 0.183. The molecule has 9 heteroatoms. The summed E-state index contributed by atoms with van der Waals surface area (Å²) in [6.07, 6.45) is 5.54. The van der Waals surface area contributed by atoms with Crippen molar-refractivity contribution in [1.29, 1.82) is 0 Å². The van der Waals surface area contributed by atoms with Gasteiger partial charge in [-0.2, -0.15) is 5.10 Å². The van der Waals surface area contributed by atoms with Crippen molar-refractivity contribution in [3.8, 4) is 11.3 Å². The summed E-state index contributed by atoms with van der Waals surface area (Å²) in [5, 5.41) is 12.3. The molecule has 0 saturated heterocycles. The van der Waals surface area contributed by atoms with Crippen molar-refractivity contribution in [2.75, 3.05) is 6.54 Å². The van der Waals surface area contributed by atoms with Gasteiger partial charge in [0.05, 0.1) is 5.69 Å². The van der Waals surface area contributed by atoms with Gasteiger partial charge in [0.15, 0.2) is 0 Å². The number of nitrogens with one attached hydrogen (secondary N) is 5. The van der Waals surface area contributed by atoms with Gasteiger partial charge >= 0.3 is 6.03 Å². The fourth-order valence-electron chi connectivity index (χ4n) is 3.22. The van der Waals surface area contributed by atoms with Gasteiger partial charge in [0, 0.05) is 24.6 Å². The van der Waals surface area contributed by atoms with Gasteiger partial charge in [-0.1, -0.05) is 49.6 Å². The summed E-state index contributed by atoms with van der Waals surface area (Å²) in [6, 6.07) is 11.0. The van der Waals surface area contributed by atoms with Gasteiger partial charge in [0.25, 0.3) is 5.91 Å². The van der Waals surface area contributed by atoms with Gasteiger partial charge in [-0.25, -0.2) is 4.79 Å². The Morgan fingerprint density at radius 1 is 1.03 bits per heavy atom. The first-order chi connectivity index (χ1) is 14.1. The zero-order valence-corrected chi connectivity index (χ0v) is 16.2. The second kappa shape index (κ2) is 10.3. The molecule has 0 unspecified atom stereocenters. The average molecular weight is 398 g/mol. The summed E-state index contributed by atoms with van der Waals surface area (Å²) < 4.78 is 0. The Hall–Kier alpha value is -3.36. The number of urea groups is 1. The second-order valence-corrected chi connectivity index (χ2v) is 7.02. The van der Waals surface area contributed by atoms with E-state index in [1.54, 1.807) is 6.07 Å². The lowest BCUT2D eigenvalue weighted by Crippen LogP contribution is -2.45. The Morgan fingerprint density at radius 2 is 1.79 bits per heavy atom. The van der Waals surface area contributed by atoms with Gasteiger partial charge in [0.2, 0.25) is 5.91 Å². The molecule has 1 aliphatic carbocycles. The van der Waals surface area contributed by atoms with Crippen molar-refractivity contribution in [3.05, 3.63) is 42.1 Å². The van der Waals surface area contributed by atoms with Crippen molar-refractivity contribution >= 4 is 17.8 Å². The summed E-state index contributed by atoms with van der Waals surface area (Å²) in [5.74, 6) is -0.907. The summed E-state index contributed by atoms with van der Waals surface area (Å²) >= 11 is 0. The molecule has 1 aromatic heterocycles. The van der Waals surface area contributed by atoms with Crippen LogP contribution in [0.2, 0.25) is 0 Å². The van der Waals surface area contributed by atoms with Crippen LogP contribution in [0.15, 0.2) is 36.4 Å². The molecule has 0 bridgehead atoms. The number of aromatic amines is 1. The molecule has 1 fully saturated rings. The topological polar surface area (TPSA) is 128 Å². The van der Waals surface area contributed by atoms with Gasteiger partial charge in [-0.3, -0.25) is 25.5 Å². The molecule has 154 valence electrons. The maximum Gasteiger partial charge on any atom is 0.315 e. The predicted molar refractivity (Wildman–Crippen MR) is 108 cm³/mol. The number of carbonyl (C=O) groups excluding carboxylic acids is 3. The van der Waals surface area contributed by atoms with Gasteiger partial charge in [0.1, 0.15) is 5.69 Å². The zero-order chi connectivity index (χ0) is 20.5. The van der Waals surface area contributed by atoms with Crippen molar-refractivity contribution in [1.82, 2.24) is 31.7 Å². The SMILES string of the molecule is O=C(CCNC(=O)NC1CCCCC1)NNC(=O)c1cc(-c2ccccc2)n[nH]1. The number of aromatic nitrogens is 2. The third-order valence-electron chi connectivity index (χ3n) is 4.79. The molecule has 0 radical (unpaired) electrons. The minimum atomic E-state index is -0.504. The first-order valence-electron chi connectivity index (χ1n) is 9.86. The maximum atomic E-state index is 12.1. The monoisotopic (exact) mass is 398 g/mol. The molecule has 4 amide bonds. The van der Waals surface area contributed by atoms with Crippen molar-refractivity contribution < 1.29 is 14.4 Å². The molecular weight excluding hydrogens is 372 g/mol. The molecule has 0 aliphatic heterocycles. The van der Waals surface area contributed by atoms with Crippen LogP contribution in [0.5, 0.6) is 0 Å². The van der Waals surface area contributed by atoms with Gasteiger partial charge in [-0.05, 0) is 18.9 Å². The van der Waals surface area contributed by atoms with E-state index in [4.69, 9.17) is 0 Å². The molecule has 29 heavy (non-hydrogen) atoms. The van der Waals surface area contributed by atoms with Gasteiger partial charge in [-0.15, -0.1) is 0 Å². The van der Waals surface area contributed by atoms with Crippen LogP contribution in [-0.2, 0) is 4.79 Å². The highest BCUT2D eigenvalue weighted by Gasteiger charge is 2.16. The van der Waals surface area contributed by atoms with E-state index in [2.05, 4.69) is 31.7 Å². The Morgan fingerprint density at radius 3 is 2.55 bits per heavy atom. The van der Waals surface area contributed by atoms with Crippen LogP contribution < -0.4 is 21.5 Å². The number of H-pyrrole nitrogens is 1. The van der Waals surface area contributed by atoms with Crippen LogP contribution in [0.4, 0.5) is 4.79 Å². The minimum Gasteiger partial charge on any atom is -0.338 e. The number of hydrogen-bond donors (Lipinski definition) is 5. The molecule has 0 spiro atoms. The van der Waals surface area contributed by atoms with Crippen LogP contribution in [0.3, 0.4) is 0 Å². The highest BCUT2D eigenvalue weighted by Crippen LogP contribution is 2.17. The molecule has 3 rings (SSSR count). The van der Waals surface area contributed by atoms with E-state index in [9.17, 15) is 14.4 Å². The van der Waals surface area contributed by atoms with E-state index in [-0.39, 0.29) is 30.7 Å². The minimum absolute atomic E-state index is 0.0522. The van der Waals surface area contributed by atoms with E-state index in [0.717, 1.165) is 31.2 Å². The molecule has 5 N–H and O–H groups in total. The Kier molecular flexibility index (Phi) is 7.21. The number of benzene rings is 1. The Labute approximate surface area is 169 Å². The number of carbonyl (C=O) groups is 3. The van der Waals surface area contributed by atoms with Crippen molar-refractivity contribution in [2.24, 2.45) is 0 Å². The lowest BCUT2D eigenvalue weighted by molar-refractivity contribution is -0.121. The predicted octanol–water partition coefficient (Wildman–Crippen LogP) is 1.86. The second-order valence-electron chi connectivity index (χ2n) is 7.02. The summed E-state index contributed by atoms with van der Waals surface area (Å²) in [4.78, 5) is 35.8.